The molecule has 0 amide bonds. The molecular formula is C56H38N2. The van der Waals surface area contributed by atoms with Crippen LogP contribution in [0, 0.1) is 11.3 Å². The van der Waals surface area contributed by atoms with Crippen LogP contribution in [0.3, 0.4) is 0 Å². The third kappa shape index (κ3) is 5.89. The van der Waals surface area contributed by atoms with Crippen LogP contribution in [0.1, 0.15) is 27.8 Å². The van der Waals surface area contributed by atoms with Gasteiger partial charge in [-0.1, -0.05) is 188 Å². The zero-order valence-electron chi connectivity index (χ0n) is 31.8. The second-order valence-corrected chi connectivity index (χ2v) is 14.8. The van der Waals surface area contributed by atoms with E-state index in [9.17, 15) is 5.26 Å². The summed E-state index contributed by atoms with van der Waals surface area (Å²) in [7, 11) is 0. The summed E-state index contributed by atoms with van der Waals surface area (Å²) in [5.74, 6) is 0. The fourth-order valence-corrected chi connectivity index (χ4v) is 8.89. The van der Waals surface area contributed by atoms with Crippen molar-refractivity contribution in [1.29, 1.82) is 5.26 Å². The van der Waals surface area contributed by atoms with Gasteiger partial charge in [0, 0.05) is 16.5 Å². The van der Waals surface area contributed by atoms with Crippen LogP contribution in [-0.2, 0) is 5.41 Å². The Hall–Kier alpha value is -7.73. The van der Waals surface area contributed by atoms with E-state index in [2.05, 4.69) is 217 Å². The molecule has 1 heterocycles. The molecular weight excluding hydrogens is 701 g/mol. The monoisotopic (exact) mass is 738 g/mol. The molecule has 0 N–H and O–H groups in total. The molecule has 0 fully saturated rings. The van der Waals surface area contributed by atoms with Gasteiger partial charge in [0.15, 0.2) is 0 Å². The average Bonchev–Trinajstić information content (AvgIpc) is 3.64. The molecule has 0 unspecified atom stereocenters. The zero-order valence-corrected chi connectivity index (χ0v) is 31.8. The Morgan fingerprint density at radius 3 is 1.22 bits per heavy atom. The van der Waals surface area contributed by atoms with Crippen LogP contribution in [0.5, 0.6) is 0 Å². The highest BCUT2D eigenvalue weighted by atomic mass is 15.0. The fourth-order valence-electron chi connectivity index (χ4n) is 8.89. The van der Waals surface area contributed by atoms with Crippen LogP contribution in [0.4, 0.5) is 0 Å². The van der Waals surface area contributed by atoms with Crippen molar-refractivity contribution in [3.8, 4) is 45.1 Å². The SMILES string of the molecule is N#Cc1ccccc1-c1ccc(C(c2ccccc2)(c2ccccc2)c2ccc(-n3c4ccc(-c5ccccc5)cc4c4cc(-c5ccccc5)ccc43)cc2)cc1. The third-order valence-corrected chi connectivity index (χ3v) is 11.6. The maximum atomic E-state index is 9.88. The van der Waals surface area contributed by atoms with E-state index in [0.29, 0.717) is 5.56 Å². The number of benzene rings is 9. The van der Waals surface area contributed by atoms with E-state index in [0.717, 1.165) is 27.9 Å². The van der Waals surface area contributed by atoms with Gasteiger partial charge in [0.05, 0.1) is 28.1 Å². The van der Waals surface area contributed by atoms with Crippen molar-refractivity contribution >= 4 is 21.8 Å². The molecule has 0 atom stereocenters. The average molecular weight is 739 g/mol. The molecule has 2 heteroatoms. The summed E-state index contributed by atoms with van der Waals surface area (Å²) in [5, 5.41) is 12.3. The summed E-state index contributed by atoms with van der Waals surface area (Å²) in [6.07, 6.45) is 0. The lowest BCUT2D eigenvalue weighted by Gasteiger charge is -2.37. The van der Waals surface area contributed by atoms with Gasteiger partial charge in [-0.05, 0) is 98.1 Å². The summed E-state index contributed by atoms with van der Waals surface area (Å²) in [4.78, 5) is 0. The maximum absolute atomic E-state index is 9.88. The molecule has 0 aliphatic rings. The molecule has 0 saturated heterocycles. The van der Waals surface area contributed by atoms with Crippen molar-refractivity contribution in [1.82, 2.24) is 4.57 Å². The molecule has 0 spiro atoms. The lowest BCUT2D eigenvalue weighted by molar-refractivity contribution is 0.745. The van der Waals surface area contributed by atoms with Gasteiger partial charge in [-0.2, -0.15) is 5.26 Å². The van der Waals surface area contributed by atoms with E-state index in [1.54, 1.807) is 0 Å². The number of aromatic nitrogens is 1. The van der Waals surface area contributed by atoms with Crippen molar-refractivity contribution in [2.45, 2.75) is 5.41 Å². The molecule has 0 aliphatic heterocycles. The number of hydrogen-bond donors (Lipinski definition) is 0. The van der Waals surface area contributed by atoms with Crippen molar-refractivity contribution in [2.75, 3.05) is 0 Å². The quantitative estimate of drug-likeness (QED) is 0.143. The van der Waals surface area contributed by atoms with Gasteiger partial charge >= 0.3 is 0 Å². The lowest BCUT2D eigenvalue weighted by atomic mass is 9.65. The molecule has 10 rings (SSSR count). The highest BCUT2D eigenvalue weighted by molar-refractivity contribution is 6.11. The second kappa shape index (κ2) is 14.7. The Morgan fingerprint density at radius 2 is 0.741 bits per heavy atom. The summed E-state index contributed by atoms with van der Waals surface area (Å²) in [6, 6.07) is 84.8. The molecule has 0 saturated carbocycles. The third-order valence-electron chi connectivity index (χ3n) is 11.6. The standard InChI is InChI=1S/C56H38N2/c57-39-45-19-13-14-24-51(45)42-25-29-48(30-26-42)56(46-20-9-3-10-21-46,47-22-11-4-12-23-47)49-31-33-50(34-32-49)58-54-35-27-43(40-15-5-1-6-16-40)37-52(54)53-38-44(28-36-55(53)58)41-17-7-2-8-18-41/h1-38H. The topological polar surface area (TPSA) is 28.7 Å². The van der Waals surface area contributed by atoms with Gasteiger partial charge < -0.3 is 4.57 Å². The number of nitriles is 1. The minimum atomic E-state index is -0.621. The first-order chi connectivity index (χ1) is 28.7. The first kappa shape index (κ1) is 34.7. The van der Waals surface area contributed by atoms with E-state index in [4.69, 9.17) is 0 Å². The smallest absolute Gasteiger partial charge is 0.0998 e. The van der Waals surface area contributed by atoms with Crippen LogP contribution in [0.2, 0.25) is 0 Å². The highest BCUT2D eigenvalue weighted by Crippen LogP contribution is 2.46. The summed E-state index contributed by atoms with van der Waals surface area (Å²) < 4.78 is 2.41. The molecule has 0 radical (unpaired) electrons. The summed E-state index contributed by atoms with van der Waals surface area (Å²) >= 11 is 0. The lowest BCUT2D eigenvalue weighted by Crippen LogP contribution is -2.31. The number of rotatable bonds is 8. The Balaban J connectivity index is 1.17. The summed E-state index contributed by atoms with van der Waals surface area (Å²) in [5.41, 5.74) is 14.9. The van der Waals surface area contributed by atoms with E-state index < -0.39 is 5.41 Å². The van der Waals surface area contributed by atoms with Crippen molar-refractivity contribution in [2.24, 2.45) is 0 Å². The maximum Gasteiger partial charge on any atom is 0.0998 e. The van der Waals surface area contributed by atoms with Gasteiger partial charge in [-0.3, -0.25) is 0 Å². The van der Waals surface area contributed by atoms with Crippen LogP contribution in [0.15, 0.2) is 231 Å². The molecule has 10 aromatic rings. The minimum Gasteiger partial charge on any atom is -0.309 e. The fraction of sp³-hybridized carbons (Fsp3) is 0.0179. The van der Waals surface area contributed by atoms with Crippen LogP contribution >= 0.6 is 0 Å². The predicted octanol–water partition coefficient (Wildman–Crippen LogP) is 14.0. The van der Waals surface area contributed by atoms with Gasteiger partial charge in [-0.15, -0.1) is 0 Å². The number of nitrogens with zero attached hydrogens (tertiary/aromatic N) is 2. The molecule has 272 valence electrons. The molecule has 1 aromatic heterocycles. The summed E-state index contributed by atoms with van der Waals surface area (Å²) in [6.45, 7) is 0. The first-order valence-corrected chi connectivity index (χ1v) is 19.7. The van der Waals surface area contributed by atoms with E-state index >= 15 is 0 Å². The van der Waals surface area contributed by atoms with E-state index in [-0.39, 0.29) is 0 Å². The van der Waals surface area contributed by atoms with Crippen molar-refractivity contribution in [3.05, 3.63) is 258 Å². The molecule has 58 heavy (non-hydrogen) atoms. The van der Waals surface area contributed by atoms with Gasteiger partial charge in [0.1, 0.15) is 0 Å². The van der Waals surface area contributed by atoms with Crippen LogP contribution < -0.4 is 0 Å². The number of fused-ring (bicyclic) bond motifs is 3. The van der Waals surface area contributed by atoms with Gasteiger partial charge in [-0.25, -0.2) is 0 Å². The second-order valence-electron chi connectivity index (χ2n) is 14.8. The Morgan fingerprint density at radius 1 is 0.345 bits per heavy atom. The van der Waals surface area contributed by atoms with E-state index in [1.807, 2.05) is 24.3 Å². The first-order valence-electron chi connectivity index (χ1n) is 19.7. The highest BCUT2D eigenvalue weighted by Gasteiger charge is 2.38. The molecule has 2 nitrogen and oxygen atoms in total. The molecule has 9 aromatic carbocycles. The van der Waals surface area contributed by atoms with Gasteiger partial charge in [0.2, 0.25) is 0 Å². The van der Waals surface area contributed by atoms with E-state index in [1.165, 1.54) is 55.2 Å². The van der Waals surface area contributed by atoms with Gasteiger partial charge in [0.25, 0.3) is 0 Å². The Bertz CT molecular complexity index is 2930. The van der Waals surface area contributed by atoms with Crippen molar-refractivity contribution in [3.63, 3.8) is 0 Å². The van der Waals surface area contributed by atoms with Crippen LogP contribution in [-0.4, -0.2) is 4.57 Å². The minimum absolute atomic E-state index is 0.621. The molecule has 0 aliphatic carbocycles. The Labute approximate surface area is 339 Å². The largest absolute Gasteiger partial charge is 0.309 e. The Kier molecular flexibility index (Phi) is 8.82. The predicted molar refractivity (Wildman–Crippen MR) is 240 cm³/mol. The zero-order chi connectivity index (χ0) is 38.9. The normalized spacial score (nSPS) is 11.4. The van der Waals surface area contributed by atoms with Crippen LogP contribution in [0.25, 0.3) is 60.9 Å². The molecule has 0 bridgehead atoms. The number of hydrogen-bond acceptors (Lipinski definition) is 1. The van der Waals surface area contributed by atoms with Crippen molar-refractivity contribution < 1.29 is 0 Å².